The summed E-state index contributed by atoms with van der Waals surface area (Å²) in [5.41, 5.74) is 2.13. The number of hydrogen-bond acceptors (Lipinski definition) is 2. The van der Waals surface area contributed by atoms with Gasteiger partial charge >= 0.3 is 6.03 Å². The molecule has 2 aromatic rings. The Balaban J connectivity index is 1.92. The minimum atomic E-state index is -0.285. The van der Waals surface area contributed by atoms with E-state index < -0.39 is 0 Å². The highest BCUT2D eigenvalue weighted by Gasteiger charge is 2.21. The highest BCUT2D eigenvalue weighted by atomic mass is 35.5. The third-order valence-electron chi connectivity index (χ3n) is 3.87. The third-order valence-corrected chi connectivity index (χ3v) is 4.12. The van der Waals surface area contributed by atoms with E-state index in [1.165, 1.54) is 6.92 Å². The van der Waals surface area contributed by atoms with Crippen LogP contribution in [-0.2, 0) is 5.41 Å². The second-order valence-corrected chi connectivity index (χ2v) is 6.77. The molecule has 0 saturated carbocycles. The van der Waals surface area contributed by atoms with Crippen LogP contribution in [0.15, 0.2) is 48.5 Å². The van der Waals surface area contributed by atoms with Gasteiger partial charge in [-0.3, -0.25) is 4.79 Å². The number of benzene rings is 2. The molecule has 0 atom stereocenters. The summed E-state index contributed by atoms with van der Waals surface area (Å²) in [6.07, 6.45) is 0. The number of Topliss-reactive ketones (excluding diaryl/α,β-unsaturated/α-hetero) is 1. The monoisotopic (exact) mass is 344 g/mol. The first-order valence-electron chi connectivity index (χ1n) is 7.70. The van der Waals surface area contributed by atoms with Crippen molar-refractivity contribution < 1.29 is 9.59 Å². The van der Waals surface area contributed by atoms with Gasteiger partial charge in [0.15, 0.2) is 5.78 Å². The zero-order valence-electron chi connectivity index (χ0n) is 14.0. The molecule has 126 valence electrons. The molecule has 0 aliphatic heterocycles. The quantitative estimate of drug-likeness (QED) is 0.776. The van der Waals surface area contributed by atoms with Crippen LogP contribution in [0.4, 0.5) is 10.5 Å². The molecule has 0 bridgehead atoms. The average molecular weight is 345 g/mol. The molecule has 0 radical (unpaired) electrons. The number of urea groups is 1. The fourth-order valence-electron chi connectivity index (χ4n) is 2.27. The Morgan fingerprint density at radius 3 is 2.12 bits per heavy atom. The first-order chi connectivity index (χ1) is 11.3. The first-order valence-corrected chi connectivity index (χ1v) is 8.08. The third kappa shape index (κ3) is 4.83. The number of carbonyl (C=O) groups excluding carboxylic acids is 2. The summed E-state index contributed by atoms with van der Waals surface area (Å²) in [7, 11) is 0. The van der Waals surface area contributed by atoms with Gasteiger partial charge < -0.3 is 10.6 Å². The molecule has 0 spiro atoms. The predicted molar refractivity (Wildman–Crippen MR) is 97.9 cm³/mol. The van der Waals surface area contributed by atoms with Crippen molar-refractivity contribution in [3.05, 3.63) is 64.7 Å². The van der Waals surface area contributed by atoms with Crippen LogP contribution in [-0.4, -0.2) is 18.4 Å². The van der Waals surface area contributed by atoms with Crippen LogP contribution in [0.3, 0.4) is 0 Å². The summed E-state index contributed by atoms with van der Waals surface area (Å²) in [6.45, 7) is 6.09. The van der Waals surface area contributed by atoms with Crippen molar-refractivity contribution in [1.82, 2.24) is 5.32 Å². The molecule has 0 aromatic heterocycles. The Bertz CT molecular complexity index is 722. The van der Waals surface area contributed by atoms with Gasteiger partial charge in [0, 0.05) is 28.2 Å². The van der Waals surface area contributed by atoms with Crippen molar-refractivity contribution in [3.8, 4) is 0 Å². The van der Waals surface area contributed by atoms with Gasteiger partial charge in [-0.2, -0.15) is 0 Å². The molecule has 0 heterocycles. The van der Waals surface area contributed by atoms with Gasteiger partial charge in [0.25, 0.3) is 0 Å². The van der Waals surface area contributed by atoms with Crippen molar-refractivity contribution in [3.63, 3.8) is 0 Å². The summed E-state index contributed by atoms with van der Waals surface area (Å²) in [5, 5.41) is 6.32. The number of amides is 2. The zero-order chi connectivity index (χ0) is 17.7. The van der Waals surface area contributed by atoms with E-state index in [1.54, 1.807) is 24.3 Å². The number of nitrogens with one attached hydrogen (secondary N) is 2. The van der Waals surface area contributed by atoms with E-state index in [2.05, 4.69) is 24.5 Å². The number of anilines is 1. The molecule has 0 saturated heterocycles. The maximum absolute atomic E-state index is 12.1. The molecular formula is C19H21ClN2O2. The number of rotatable bonds is 5. The highest BCUT2D eigenvalue weighted by molar-refractivity contribution is 6.30. The number of hydrogen-bond donors (Lipinski definition) is 2. The van der Waals surface area contributed by atoms with E-state index in [4.69, 9.17) is 11.6 Å². The largest absolute Gasteiger partial charge is 0.337 e. The van der Waals surface area contributed by atoms with Crippen LogP contribution in [0.25, 0.3) is 0 Å². The van der Waals surface area contributed by atoms with E-state index >= 15 is 0 Å². The first kappa shape index (κ1) is 18.0. The SMILES string of the molecule is CC(=O)c1ccc(NC(=O)NCC(C)(C)c2ccc(Cl)cc2)cc1. The smallest absolute Gasteiger partial charge is 0.319 e. The maximum Gasteiger partial charge on any atom is 0.319 e. The molecular weight excluding hydrogens is 324 g/mol. The molecule has 2 N–H and O–H groups in total. The number of carbonyl (C=O) groups is 2. The molecule has 0 aliphatic carbocycles. The van der Waals surface area contributed by atoms with Crippen molar-refractivity contribution in [2.45, 2.75) is 26.2 Å². The van der Waals surface area contributed by atoms with Crippen LogP contribution >= 0.6 is 11.6 Å². The predicted octanol–water partition coefficient (Wildman–Crippen LogP) is 4.64. The normalized spacial score (nSPS) is 11.0. The van der Waals surface area contributed by atoms with Crippen LogP contribution in [0.1, 0.15) is 36.7 Å². The van der Waals surface area contributed by atoms with Gasteiger partial charge in [-0.15, -0.1) is 0 Å². The average Bonchev–Trinajstić information content (AvgIpc) is 2.54. The van der Waals surface area contributed by atoms with E-state index in [0.29, 0.717) is 22.8 Å². The Labute approximate surface area is 147 Å². The number of halogens is 1. The fourth-order valence-corrected chi connectivity index (χ4v) is 2.39. The molecule has 0 fully saturated rings. The minimum absolute atomic E-state index is 0.00397. The molecule has 4 nitrogen and oxygen atoms in total. The molecule has 2 aromatic carbocycles. The lowest BCUT2D eigenvalue weighted by molar-refractivity contribution is 0.101. The Hall–Kier alpha value is -2.33. The lowest BCUT2D eigenvalue weighted by Crippen LogP contribution is -2.38. The topological polar surface area (TPSA) is 58.2 Å². The van der Waals surface area contributed by atoms with E-state index in [-0.39, 0.29) is 17.2 Å². The molecule has 0 unspecified atom stereocenters. The van der Waals surface area contributed by atoms with E-state index in [9.17, 15) is 9.59 Å². The van der Waals surface area contributed by atoms with Crippen molar-refractivity contribution in [1.29, 1.82) is 0 Å². The lowest BCUT2D eigenvalue weighted by Gasteiger charge is -2.25. The summed E-state index contributed by atoms with van der Waals surface area (Å²) < 4.78 is 0. The van der Waals surface area contributed by atoms with Gasteiger partial charge in [0.2, 0.25) is 0 Å². The van der Waals surface area contributed by atoms with Crippen molar-refractivity contribution in [2.75, 3.05) is 11.9 Å². The zero-order valence-corrected chi connectivity index (χ0v) is 14.8. The second kappa shape index (κ2) is 7.49. The van der Waals surface area contributed by atoms with Gasteiger partial charge in [-0.1, -0.05) is 37.6 Å². The Morgan fingerprint density at radius 2 is 1.58 bits per heavy atom. The summed E-state index contributed by atoms with van der Waals surface area (Å²) in [4.78, 5) is 23.3. The molecule has 2 amide bonds. The lowest BCUT2D eigenvalue weighted by atomic mass is 9.85. The van der Waals surface area contributed by atoms with E-state index in [1.807, 2.05) is 24.3 Å². The maximum atomic E-state index is 12.1. The number of ketones is 1. The summed E-state index contributed by atoms with van der Waals surface area (Å²) in [6, 6.07) is 14.1. The molecule has 24 heavy (non-hydrogen) atoms. The van der Waals surface area contributed by atoms with Gasteiger partial charge in [-0.05, 0) is 48.9 Å². The van der Waals surface area contributed by atoms with Crippen LogP contribution in [0, 0.1) is 0 Å². The van der Waals surface area contributed by atoms with Gasteiger partial charge in [-0.25, -0.2) is 4.79 Å². The van der Waals surface area contributed by atoms with Gasteiger partial charge in [0.1, 0.15) is 0 Å². The second-order valence-electron chi connectivity index (χ2n) is 6.33. The molecule has 2 rings (SSSR count). The minimum Gasteiger partial charge on any atom is -0.337 e. The fraction of sp³-hybridized carbons (Fsp3) is 0.263. The van der Waals surface area contributed by atoms with Crippen molar-refractivity contribution >= 4 is 29.1 Å². The highest BCUT2D eigenvalue weighted by Crippen LogP contribution is 2.23. The summed E-state index contributed by atoms with van der Waals surface area (Å²) >= 11 is 5.91. The Kier molecular flexibility index (Phi) is 5.62. The van der Waals surface area contributed by atoms with Gasteiger partial charge in [0.05, 0.1) is 0 Å². The standard InChI is InChI=1S/C19H21ClN2O2/c1-13(23)14-4-10-17(11-5-14)22-18(24)21-12-19(2,3)15-6-8-16(20)9-7-15/h4-11H,12H2,1-3H3,(H2,21,22,24). The van der Waals surface area contributed by atoms with Crippen LogP contribution < -0.4 is 10.6 Å². The van der Waals surface area contributed by atoms with E-state index in [0.717, 1.165) is 5.56 Å². The van der Waals surface area contributed by atoms with Crippen LogP contribution in [0.2, 0.25) is 5.02 Å². The van der Waals surface area contributed by atoms with Crippen molar-refractivity contribution in [2.24, 2.45) is 0 Å². The molecule has 5 heteroatoms. The summed E-state index contributed by atoms with van der Waals surface area (Å²) in [5.74, 6) is -0.00397. The molecule has 0 aliphatic rings. The Morgan fingerprint density at radius 1 is 1.00 bits per heavy atom. The van der Waals surface area contributed by atoms with Crippen LogP contribution in [0.5, 0.6) is 0 Å².